The Hall–Kier alpha value is -2.56. The topological polar surface area (TPSA) is 81.5 Å². The molecule has 2 heterocycles. The molecule has 164 valence electrons. The minimum absolute atomic E-state index is 0.0864. The van der Waals surface area contributed by atoms with Crippen molar-refractivity contribution in [3.63, 3.8) is 0 Å². The zero-order valence-corrected chi connectivity index (χ0v) is 17.5. The first-order valence-corrected chi connectivity index (χ1v) is 10.8. The van der Waals surface area contributed by atoms with Gasteiger partial charge in [-0.05, 0) is 37.5 Å². The van der Waals surface area contributed by atoms with Crippen LogP contribution >= 0.6 is 0 Å². The maximum atomic E-state index is 12.7. The fraction of sp³-hybridized carbons (Fsp3) is 0.474. The van der Waals surface area contributed by atoms with Crippen LogP contribution in [0.5, 0.6) is 11.5 Å². The van der Waals surface area contributed by atoms with Crippen LogP contribution in [0.4, 0.5) is 13.2 Å². The first kappa shape index (κ1) is 22.1. The number of alkyl halides is 3. The van der Waals surface area contributed by atoms with Gasteiger partial charge in [-0.15, -0.1) is 5.10 Å². The molecule has 1 atom stereocenters. The summed E-state index contributed by atoms with van der Waals surface area (Å²) in [6.07, 6.45) is -1.76. The van der Waals surface area contributed by atoms with Gasteiger partial charge in [-0.25, -0.2) is 9.19 Å². The van der Waals surface area contributed by atoms with Gasteiger partial charge in [-0.1, -0.05) is 19.4 Å². The summed E-state index contributed by atoms with van der Waals surface area (Å²) in [5.41, 5.74) is 0.136. The Kier molecular flexibility index (Phi) is 7.01. The van der Waals surface area contributed by atoms with Crippen molar-refractivity contribution < 1.29 is 26.3 Å². The van der Waals surface area contributed by atoms with Crippen molar-refractivity contribution in [3.05, 3.63) is 41.3 Å². The molecule has 0 saturated heterocycles. The monoisotopic (exact) mass is 444 g/mol. The van der Waals surface area contributed by atoms with Gasteiger partial charge in [-0.2, -0.15) is 17.8 Å². The van der Waals surface area contributed by atoms with E-state index in [1.54, 1.807) is 12.1 Å². The van der Waals surface area contributed by atoms with Gasteiger partial charge in [0.1, 0.15) is 5.69 Å². The van der Waals surface area contributed by atoms with Crippen LogP contribution in [-0.2, 0) is 23.7 Å². The molecule has 2 aromatic heterocycles. The van der Waals surface area contributed by atoms with Crippen LogP contribution in [0.15, 0.2) is 24.3 Å². The van der Waals surface area contributed by atoms with Crippen LogP contribution in [0.25, 0.3) is 5.65 Å². The Morgan fingerprint density at radius 1 is 1.20 bits per heavy atom. The highest BCUT2D eigenvalue weighted by molar-refractivity contribution is 7.80. The van der Waals surface area contributed by atoms with Gasteiger partial charge < -0.3 is 8.92 Å². The van der Waals surface area contributed by atoms with E-state index in [9.17, 15) is 17.4 Å². The summed E-state index contributed by atoms with van der Waals surface area (Å²) in [5.74, 6) is 1.57. The number of rotatable bonds is 10. The second kappa shape index (κ2) is 9.50. The average molecular weight is 444 g/mol. The SMILES string of the molecule is CCCCOc1ccc(C)cc1OS(=O)CCCc1nc2cc(C(F)(F)F)[nH]n2n1. The average Bonchev–Trinajstić information content (AvgIpc) is 3.22. The van der Waals surface area contributed by atoms with Crippen LogP contribution in [0.2, 0.25) is 0 Å². The van der Waals surface area contributed by atoms with E-state index in [4.69, 9.17) is 8.92 Å². The molecule has 7 nitrogen and oxygen atoms in total. The van der Waals surface area contributed by atoms with Gasteiger partial charge in [-0.3, -0.25) is 5.10 Å². The van der Waals surface area contributed by atoms with Gasteiger partial charge in [0.15, 0.2) is 23.0 Å². The molecule has 1 aromatic carbocycles. The molecule has 0 fully saturated rings. The first-order valence-electron chi connectivity index (χ1n) is 9.58. The summed E-state index contributed by atoms with van der Waals surface area (Å²) < 4.78 is 62.5. The van der Waals surface area contributed by atoms with Crippen LogP contribution in [0, 0.1) is 6.92 Å². The number of nitrogens with zero attached hydrogens (tertiary/aromatic N) is 3. The van der Waals surface area contributed by atoms with E-state index in [-0.39, 0.29) is 11.4 Å². The molecule has 30 heavy (non-hydrogen) atoms. The van der Waals surface area contributed by atoms with Gasteiger partial charge >= 0.3 is 6.18 Å². The van der Waals surface area contributed by atoms with Crippen molar-refractivity contribution in [1.29, 1.82) is 0 Å². The molecule has 0 aliphatic rings. The third-order valence-corrected chi connectivity index (χ3v) is 5.22. The molecule has 0 radical (unpaired) electrons. The summed E-state index contributed by atoms with van der Waals surface area (Å²) in [6.45, 7) is 4.52. The summed E-state index contributed by atoms with van der Waals surface area (Å²) in [4.78, 5) is 4.06. The van der Waals surface area contributed by atoms with Crippen LogP contribution in [0.1, 0.15) is 43.3 Å². The van der Waals surface area contributed by atoms with Crippen molar-refractivity contribution in [3.8, 4) is 11.5 Å². The third-order valence-electron chi connectivity index (χ3n) is 4.23. The van der Waals surface area contributed by atoms with E-state index in [2.05, 4.69) is 22.1 Å². The van der Waals surface area contributed by atoms with E-state index in [1.807, 2.05) is 13.0 Å². The highest BCUT2D eigenvalue weighted by atomic mass is 32.2. The molecule has 0 amide bonds. The fourth-order valence-corrected chi connectivity index (χ4v) is 3.48. The number of ether oxygens (including phenoxy) is 1. The second-order valence-electron chi connectivity index (χ2n) is 6.81. The standard InChI is InChI=1S/C19H23F3N4O3S/c1-3-4-9-28-14-8-7-13(2)11-15(14)29-30(27)10-5-6-17-23-18-12-16(19(20,21)22)24-26(18)25-17/h7-8,11-12,24H,3-6,9-10H2,1-2H3. The van der Waals surface area contributed by atoms with Crippen molar-refractivity contribution in [2.75, 3.05) is 12.4 Å². The minimum Gasteiger partial charge on any atom is -0.490 e. The number of fused-ring (bicyclic) bond motifs is 1. The summed E-state index contributed by atoms with van der Waals surface area (Å²) in [7, 11) is 0. The normalized spacial score (nSPS) is 13.0. The van der Waals surface area contributed by atoms with E-state index in [0.29, 0.717) is 36.8 Å². The molecule has 0 saturated carbocycles. The van der Waals surface area contributed by atoms with Gasteiger partial charge in [0.05, 0.1) is 12.4 Å². The lowest BCUT2D eigenvalue weighted by molar-refractivity contribution is -0.141. The van der Waals surface area contributed by atoms with Crippen molar-refractivity contribution in [2.24, 2.45) is 0 Å². The molecule has 0 spiro atoms. The number of hydrogen-bond donors (Lipinski definition) is 1. The summed E-state index contributed by atoms with van der Waals surface area (Å²) in [5, 5.41) is 6.13. The number of nitrogens with one attached hydrogen (secondary N) is 1. The Morgan fingerprint density at radius 3 is 2.70 bits per heavy atom. The number of aromatic nitrogens is 4. The third kappa shape index (κ3) is 5.74. The van der Waals surface area contributed by atoms with Gasteiger partial charge in [0, 0.05) is 12.5 Å². The Bertz CT molecular complexity index is 985. The Morgan fingerprint density at radius 2 is 2.00 bits per heavy atom. The zero-order valence-electron chi connectivity index (χ0n) is 16.7. The Balaban J connectivity index is 1.53. The molecule has 11 heteroatoms. The molecule has 3 aromatic rings. The van der Waals surface area contributed by atoms with Crippen molar-refractivity contribution in [2.45, 2.75) is 45.7 Å². The number of aryl methyl sites for hydroxylation is 2. The number of H-pyrrole nitrogens is 1. The highest BCUT2D eigenvalue weighted by Crippen LogP contribution is 2.30. The van der Waals surface area contributed by atoms with Crippen molar-refractivity contribution in [1.82, 2.24) is 19.8 Å². The van der Waals surface area contributed by atoms with Crippen molar-refractivity contribution >= 4 is 16.7 Å². The first-order chi connectivity index (χ1) is 14.3. The summed E-state index contributed by atoms with van der Waals surface area (Å²) >= 11 is -1.59. The molecule has 0 bridgehead atoms. The minimum atomic E-state index is -4.48. The lowest BCUT2D eigenvalue weighted by Gasteiger charge is -2.12. The molecular formula is C19H23F3N4O3S. The largest absolute Gasteiger partial charge is 0.490 e. The van der Waals surface area contributed by atoms with E-state index >= 15 is 0 Å². The van der Waals surface area contributed by atoms with E-state index in [0.717, 1.165) is 29.1 Å². The lowest BCUT2D eigenvalue weighted by atomic mass is 10.2. The lowest BCUT2D eigenvalue weighted by Crippen LogP contribution is -2.09. The Labute approximate surface area is 174 Å². The number of benzene rings is 1. The number of halogens is 3. The second-order valence-corrected chi connectivity index (χ2v) is 7.99. The summed E-state index contributed by atoms with van der Waals surface area (Å²) in [6, 6.07) is 6.36. The molecule has 1 N–H and O–H groups in total. The molecular weight excluding hydrogens is 421 g/mol. The number of hydrogen-bond acceptors (Lipinski definition) is 5. The quantitative estimate of drug-likeness (QED) is 0.473. The molecule has 1 unspecified atom stereocenters. The maximum absolute atomic E-state index is 12.7. The highest BCUT2D eigenvalue weighted by Gasteiger charge is 2.33. The number of unbranched alkanes of at least 4 members (excludes halogenated alkanes) is 1. The number of aromatic amines is 1. The zero-order chi connectivity index (χ0) is 21.7. The van der Waals surface area contributed by atoms with E-state index < -0.39 is 23.0 Å². The molecule has 3 rings (SSSR count). The maximum Gasteiger partial charge on any atom is 0.432 e. The van der Waals surface area contributed by atoms with Gasteiger partial charge in [0.25, 0.3) is 0 Å². The predicted octanol–water partition coefficient (Wildman–Crippen LogP) is 4.24. The molecule has 0 aliphatic carbocycles. The van der Waals surface area contributed by atoms with Crippen LogP contribution in [-0.4, -0.2) is 36.4 Å². The van der Waals surface area contributed by atoms with Gasteiger partial charge in [0.2, 0.25) is 11.1 Å². The predicted molar refractivity (Wildman–Crippen MR) is 106 cm³/mol. The van der Waals surface area contributed by atoms with E-state index in [1.165, 1.54) is 0 Å². The fourth-order valence-electron chi connectivity index (χ4n) is 2.69. The smallest absolute Gasteiger partial charge is 0.432 e. The molecule has 0 aliphatic heterocycles. The van der Waals surface area contributed by atoms with Crippen LogP contribution in [0.3, 0.4) is 0 Å². The van der Waals surface area contributed by atoms with Crippen LogP contribution < -0.4 is 8.92 Å².